The van der Waals surface area contributed by atoms with Crippen molar-refractivity contribution in [3.8, 4) is 0 Å². The van der Waals surface area contributed by atoms with E-state index in [-0.39, 0.29) is 11.5 Å². The fourth-order valence-corrected chi connectivity index (χ4v) is 3.15. The number of aliphatic hydroxyl groups is 1. The fourth-order valence-electron chi connectivity index (χ4n) is 2.08. The molecule has 1 aromatic heterocycles. The first-order valence-corrected chi connectivity index (χ1v) is 8.46. The molecule has 0 atom stereocenters. The van der Waals surface area contributed by atoms with Crippen molar-refractivity contribution in [3.05, 3.63) is 18.0 Å². The molecule has 0 aliphatic heterocycles. The Morgan fingerprint density at radius 3 is 2.75 bits per heavy atom. The van der Waals surface area contributed by atoms with Crippen LogP contribution in [-0.4, -0.2) is 49.7 Å². The van der Waals surface area contributed by atoms with Gasteiger partial charge in [0.15, 0.2) is 0 Å². The van der Waals surface area contributed by atoms with Gasteiger partial charge in [-0.2, -0.15) is 0 Å². The predicted octanol–water partition coefficient (Wildman–Crippen LogP) is 0.545. The number of aromatic nitrogens is 1. The van der Waals surface area contributed by atoms with Gasteiger partial charge in [-0.3, -0.25) is 0 Å². The van der Waals surface area contributed by atoms with Gasteiger partial charge in [0.25, 0.3) is 0 Å². The Morgan fingerprint density at radius 2 is 2.20 bits per heavy atom. The number of nitrogens with zero attached hydrogens (tertiary/aromatic N) is 2. The normalized spacial score (nSPS) is 16.0. The van der Waals surface area contributed by atoms with E-state index in [1.165, 1.54) is 0 Å². The summed E-state index contributed by atoms with van der Waals surface area (Å²) in [5.41, 5.74) is 0.665. The van der Waals surface area contributed by atoms with Crippen molar-refractivity contribution in [2.45, 2.75) is 37.3 Å². The van der Waals surface area contributed by atoms with Crippen LogP contribution in [0.2, 0.25) is 0 Å². The summed E-state index contributed by atoms with van der Waals surface area (Å²) in [6, 6.07) is 1.91. The van der Waals surface area contributed by atoms with Crippen LogP contribution in [0.5, 0.6) is 0 Å². The minimum Gasteiger partial charge on any atom is -0.390 e. The zero-order chi connectivity index (χ0) is 14.8. The van der Waals surface area contributed by atoms with Gasteiger partial charge in [-0.1, -0.05) is 6.92 Å². The molecular weight excluding hydrogens is 278 g/mol. The van der Waals surface area contributed by atoms with Crippen LogP contribution in [0, 0.1) is 0 Å². The summed E-state index contributed by atoms with van der Waals surface area (Å²) in [7, 11) is -1.54. The lowest BCUT2D eigenvalue weighted by atomic mass is 10.4. The topological polar surface area (TPSA) is 74.6 Å². The van der Waals surface area contributed by atoms with E-state index in [0.29, 0.717) is 24.8 Å². The van der Waals surface area contributed by atoms with Crippen LogP contribution >= 0.6 is 0 Å². The second-order valence-electron chi connectivity index (χ2n) is 5.26. The molecule has 1 aliphatic carbocycles. The van der Waals surface area contributed by atoms with E-state index >= 15 is 0 Å². The molecule has 0 amide bonds. The third kappa shape index (κ3) is 3.60. The molecule has 6 nitrogen and oxygen atoms in total. The number of nitrogens with one attached hydrogen (secondary N) is 1. The van der Waals surface area contributed by atoms with E-state index in [9.17, 15) is 13.5 Å². The molecular formula is C13H23N3O3S. The van der Waals surface area contributed by atoms with Gasteiger partial charge in [0.1, 0.15) is 0 Å². The molecule has 1 heterocycles. The van der Waals surface area contributed by atoms with E-state index < -0.39 is 10.0 Å². The minimum absolute atomic E-state index is 0.134. The Bertz CT molecular complexity index is 549. The van der Waals surface area contributed by atoms with Crippen molar-refractivity contribution >= 4 is 10.0 Å². The maximum absolute atomic E-state index is 12.2. The summed E-state index contributed by atoms with van der Waals surface area (Å²) >= 11 is 0. The second-order valence-corrected chi connectivity index (χ2v) is 7.02. The number of hydrogen-bond acceptors (Lipinski definition) is 4. The predicted molar refractivity (Wildman–Crippen MR) is 77.0 cm³/mol. The van der Waals surface area contributed by atoms with Gasteiger partial charge in [-0.05, 0) is 32.5 Å². The quantitative estimate of drug-likeness (QED) is 0.735. The maximum atomic E-state index is 12.2. The summed E-state index contributed by atoms with van der Waals surface area (Å²) < 4.78 is 28.9. The number of sulfonamides is 1. The Labute approximate surface area is 120 Å². The van der Waals surface area contributed by atoms with Crippen LogP contribution in [0.1, 0.15) is 31.5 Å². The Morgan fingerprint density at radius 1 is 1.50 bits per heavy atom. The smallest absolute Gasteiger partial charge is 0.242 e. The maximum Gasteiger partial charge on any atom is 0.242 e. The Hall–Kier alpha value is -0.890. The number of aliphatic hydroxyl groups excluding tert-OH is 1. The third-order valence-electron chi connectivity index (χ3n) is 3.64. The molecule has 0 saturated heterocycles. The van der Waals surface area contributed by atoms with Crippen molar-refractivity contribution in [2.24, 2.45) is 0 Å². The standard InChI is InChI=1S/C13H23N3O3S/c1-3-15(2)7-6-14-20(18,19)13-8-12(10-17)16(9-13)11-4-5-11/h8-9,11,14,17H,3-7,10H2,1-2H3. The molecule has 1 aromatic rings. The molecule has 0 aromatic carbocycles. The van der Waals surface area contributed by atoms with Gasteiger partial charge < -0.3 is 14.6 Å². The van der Waals surface area contributed by atoms with Crippen molar-refractivity contribution in [2.75, 3.05) is 26.7 Å². The summed E-state index contributed by atoms with van der Waals surface area (Å²) in [6.07, 6.45) is 3.74. The van der Waals surface area contributed by atoms with E-state index in [4.69, 9.17) is 0 Å². The number of likely N-dealkylation sites (N-methyl/N-ethyl adjacent to an activating group) is 1. The Kier molecular flexibility index (Phi) is 4.85. The highest BCUT2D eigenvalue weighted by Gasteiger charge is 2.27. The lowest BCUT2D eigenvalue weighted by molar-refractivity contribution is 0.270. The van der Waals surface area contributed by atoms with E-state index in [0.717, 1.165) is 19.4 Å². The molecule has 0 unspecified atom stereocenters. The molecule has 114 valence electrons. The summed E-state index contributed by atoms with van der Waals surface area (Å²) in [6.45, 7) is 3.83. The SMILES string of the molecule is CCN(C)CCNS(=O)(=O)c1cc(CO)n(C2CC2)c1. The lowest BCUT2D eigenvalue weighted by Gasteiger charge is -2.13. The summed E-state index contributed by atoms with van der Waals surface area (Å²) in [4.78, 5) is 2.28. The van der Waals surface area contributed by atoms with Crippen molar-refractivity contribution in [3.63, 3.8) is 0 Å². The van der Waals surface area contributed by atoms with Crippen LogP contribution in [0.3, 0.4) is 0 Å². The molecule has 0 radical (unpaired) electrons. The third-order valence-corrected chi connectivity index (χ3v) is 5.07. The van der Waals surface area contributed by atoms with E-state index in [1.807, 2.05) is 23.4 Å². The molecule has 0 spiro atoms. The van der Waals surface area contributed by atoms with Gasteiger partial charge in [0.05, 0.1) is 11.5 Å². The molecule has 1 saturated carbocycles. The zero-order valence-corrected chi connectivity index (χ0v) is 12.9. The highest BCUT2D eigenvalue weighted by molar-refractivity contribution is 7.89. The van der Waals surface area contributed by atoms with Gasteiger partial charge in [-0.15, -0.1) is 0 Å². The summed E-state index contributed by atoms with van der Waals surface area (Å²) in [5, 5.41) is 9.31. The average molecular weight is 301 g/mol. The Balaban J connectivity index is 2.05. The molecule has 20 heavy (non-hydrogen) atoms. The van der Waals surface area contributed by atoms with Crippen LogP contribution in [0.25, 0.3) is 0 Å². The molecule has 0 bridgehead atoms. The largest absolute Gasteiger partial charge is 0.390 e. The minimum atomic E-state index is -3.49. The average Bonchev–Trinajstić information content (AvgIpc) is 3.16. The van der Waals surface area contributed by atoms with E-state index in [1.54, 1.807) is 12.3 Å². The highest BCUT2D eigenvalue weighted by Crippen LogP contribution is 2.37. The van der Waals surface area contributed by atoms with Crippen molar-refractivity contribution in [1.82, 2.24) is 14.2 Å². The first-order valence-electron chi connectivity index (χ1n) is 6.97. The van der Waals surface area contributed by atoms with Crippen LogP contribution in [0.4, 0.5) is 0 Å². The van der Waals surface area contributed by atoms with Crippen LogP contribution < -0.4 is 4.72 Å². The van der Waals surface area contributed by atoms with E-state index in [2.05, 4.69) is 4.72 Å². The first-order chi connectivity index (χ1) is 9.47. The fraction of sp³-hybridized carbons (Fsp3) is 0.692. The molecule has 2 rings (SSSR count). The molecule has 1 fully saturated rings. The first kappa shape index (κ1) is 15.5. The molecule has 7 heteroatoms. The molecule has 1 aliphatic rings. The number of rotatable bonds is 8. The molecule has 2 N–H and O–H groups in total. The van der Waals surface area contributed by atoms with Crippen LogP contribution in [-0.2, 0) is 16.6 Å². The van der Waals surface area contributed by atoms with Crippen LogP contribution in [0.15, 0.2) is 17.2 Å². The number of hydrogen-bond donors (Lipinski definition) is 2. The van der Waals surface area contributed by atoms with Gasteiger partial charge in [0, 0.05) is 31.0 Å². The van der Waals surface area contributed by atoms with Gasteiger partial charge >= 0.3 is 0 Å². The monoisotopic (exact) mass is 301 g/mol. The zero-order valence-electron chi connectivity index (χ0n) is 12.0. The van der Waals surface area contributed by atoms with Gasteiger partial charge in [0.2, 0.25) is 10.0 Å². The highest BCUT2D eigenvalue weighted by atomic mass is 32.2. The van der Waals surface area contributed by atoms with Crippen molar-refractivity contribution < 1.29 is 13.5 Å². The second kappa shape index (κ2) is 6.26. The summed E-state index contributed by atoms with van der Waals surface area (Å²) in [5.74, 6) is 0. The lowest BCUT2D eigenvalue weighted by Crippen LogP contribution is -2.32. The van der Waals surface area contributed by atoms with Gasteiger partial charge in [-0.25, -0.2) is 13.1 Å². The van der Waals surface area contributed by atoms with Crippen molar-refractivity contribution in [1.29, 1.82) is 0 Å².